The van der Waals surface area contributed by atoms with Crippen LogP contribution in [0.4, 0.5) is 0 Å². The fraction of sp³-hybridized carbons (Fsp3) is 0.364. The van der Waals surface area contributed by atoms with E-state index in [9.17, 15) is 9.00 Å². The van der Waals surface area contributed by atoms with Gasteiger partial charge in [-0.3, -0.25) is 9.00 Å². The Hall–Kier alpha value is -0.870. The molecule has 0 spiro atoms. The number of halogens is 1. The number of benzene rings is 1. The normalized spacial score (nSPS) is 12.5. The highest BCUT2D eigenvalue weighted by Gasteiger charge is 2.14. The van der Waals surface area contributed by atoms with Crippen molar-refractivity contribution in [2.45, 2.75) is 24.8 Å². The van der Waals surface area contributed by atoms with Crippen molar-refractivity contribution in [3.05, 3.63) is 29.3 Å². The first kappa shape index (κ1) is 13.2. The Kier molecular flexibility index (Phi) is 4.96. The Morgan fingerprint density at radius 3 is 2.62 bits per heavy atom. The molecule has 0 aliphatic rings. The fourth-order valence-electron chi connectivity index (χ4n) is 1.11. The van der Waals surface area contributed by atoms with Crippen molar-refractivity contribution in [3.8, 4) is 0 Å². The Labute approximate surface area is 102 Å². The Balaban J connectivity index is 2.66. The summed E-state index contributed by atoms with van der Waals surface area (Å²) in [5.41, 5.74) is 0. The van der Waals surface area contributed by atoms with Gasteiger partial charge in [0, 0.05) is 0 Å². The van der Waals surface area contributed by atoms with Crippen LogP contribution in [-0.2, 0) is 20.3 Å². The molecule has 0 saturated heterocycles. The molecule has 0 amide bonds. The van der Waals surface area contributed by atoms with Crippen LogP contribution in [0.1, 0.15) is 13.8 Å². The minimum Gasteiger partial charge on any atom is -0.462 e. The topological polar surface area (TPSA) is 43.4 Å². The van der Waals surface area contributed by atoms with Gasteiger partial charge in [0.1, 0.15) is 5.75 Å². The third kappa shape index (κ3) is 3.94. The van der Waals surface area contributed by atoms with E-state index in [4.69, 9.17) is 16.3 Å². The highest BCUT2D eigenvalue weighted by molar-refractivity contribution is 7.85. The van der Waals surface area contributed by atoms with Crippen molar-refractivity contribution >= 4 is 28.4 Å². The molecule has 0 fully saturated rings. The first-order valence-corrected chi connectivity index (χ1v) is 6.52. The lowest BCUT2D eigenvalue weighted by molar-refractivity contribution is -0.144. The average molecular weight is 261 g/mol. The Morgan fingerprint density at radius 2 is 2.06 bits per heavy atom. The molecule has 0 bridgehead atoms. The van der Waals surface area contributed by atoms with Crippen LogP contribution in [0.3, 0.4) is 0 Å². The molecular weight excluding hydrogens is 248 g/mol. The number of ether oxygens (including phenoxy) is 1. The van der Waals surface area contributed by atoms with Gasteiger partial charge in [0.2, 0.25) is 0 Å². The summed E-state index contributed by atoms with van der Waals surface area (Å²) >= 11 is 5.86. The Bertz CT molecular complexity index is 404. The summed E-state index contributed by atoms with van der Waals surface area (Å²) < 4.78 is 16.7. The molecule has 88 valence electrons. The van der Waals surface area contributed by atoms with Crippen molar-refractivity contribution in [1.82, 2.24) is 0 Å². The van der Waals surface area contributed by atoms with Gasteiger partial charge in [-0.1, -0.05) is 23.7 Å². The summed E-state index contributed by atoms with van der Waals surface area (Å²) in [6.07, 6.45) is -0.198. The molecule has 0 N–H and O–H groups in total. The van der Waals surface area contributed by atoms with Gasteiger partial charge in [-0.2, -0.15) is 0 Å². The smallest absolute Gasteiger partial charge is 0.319 e. The van der Waals surface area contributed by atoms with Gasteiger partial charge in [0.05, 0.1) is 26.8 Å². The van der Waals surface area contributed by atoms with Crippen molar-refractivity contribution in [2.24, 2.45) is 0 Å². The quantitative estimate of drug-likeness (QED) is 0.781. The van der Waals surface area contributed by atoms with Crippen LogP contribution < -0.4 is 0 Å². The van der Waals surface area contributed by atoms with Gasteiger partial charge in [-0.25, -0.2) is 0 Å². The molecule has 0 saturated carbocycles. The maximum atomic E-state index is 11.8. The number of rotatable bonds is 4. The number of carbonyl (C=O) groups is 1. The van der Waals surface area contributed by atoms with E-state index < -0.39 is 16.8 Å². The van der Waals surface area contributed by atoms with E-state index in [1.807, 2.05) is 0 Å². The van der Waals surface area contributed by atoms with Crippen LogP contribution in [0.25, 0.3) is 0 Å². The van der Waals surface area contributed by atoms with Gasteiger partial charge in [-0.15, -0.1) is 0 Å². The molecule has 1 rings (SSSR count). The van der Waals surface area contributed by atoms with E-state index in [2.05, 4.69) is 0 Å². The molecule has 5 heteroatoms. The van der Waals surface area contributed by atoms with E-state index in [0.717, 1.165) is 0 Å². The Morgan fingerprint density at radius 1 is 1.44 bits per heavy atom. The van der Waals surface area contributed by atoms with Crippen molar-refractivity contribution in [3.63, 3.8) is 0 Å². The van der Waals surface area contributed by atoms with Crippen molar-refractivity contribution in [2.75, 3.05) is 5.75 Å². The monoisotopic (exact) mass is 260 g/mol. The second-order valence-electron chi connectivity index (χ2n) is 3.46. The van der Waals surface area contributed by atoms with E-state index in [0.29, 0.717) is 9.92 Å². The lowest BCUT2D eigenvalue weighted by Crippen LogP contribution is -2.18. The standard InChI is InChI=1S/C11H13ClO3S/c1-8(2)15-11(13)7-16(14)10-6-4-3-5-9(10)12/h3-6,8H,7H2,1-2H3. The van der Waals surface area contributed by atoms with Crippen LogP contribution in [0.2, 0.25) is 5.02 Å². The lowest BCUT2D eigenvalue weighted by atomic mass is 10.4. The van der Waals surface area contributed by atoms with Crippen LogP contribution in [0.5, 0.6) is 0 Å². The minimum atomic E-state index is -1.45. The summed E-state index contributed by atoms with van der Waals surface area (Å²) in [4.78, 5) is 11.8. The maximum Gasteiger partial charge on any atom is 0.319 e. The molecule has 0 heterocycles. The number of carbonyl (C=O) groups excluding carboxylic acids is 1. The molecule has 16 heavy (non-hydrogen) atoms. The summed E-state index contributed by atoms with van der Waals surface area (Å²) in [5.74, 6) is -0.643. The number of hydrogen-bond donors (Lipinski definition) is 0. The van der Waals surface area contributed by atoms with E-state index in [1.165, 1.54) is 0 Å². The van der Waals surface area contributed by atoms with Gasteiger partial charge in [0.25, 0.3) is 0 Å². The molecule has 0 radical (unpaired) electrons. The highest BCUT2D eigenvalue weighted by Crippen LogP contribution is 2.19. The predicted octanol–water partition coefficient (Wildman–Crippen LogP) is 2.40. The van der Waals surface area contributed by atoms with Crippen LogP contribution >= 0.6 is 11.6 Å². The van der Waals surface area contributed by atoms with Crippen LogP contribution in [0, 0.1) is 0 Å². The largest absolute Gasteiger partial charge is 0.462 e. The fourth-order valence-corrected chi connectivity index (χ4v) is 2.46. The van der Waals surface area contributed by atoms with Crippen LogP contribution in [0.15, 0.2) is 29.2 Å². The third-order valence-corrected chi connectivity index (χ3v) is 3.48. The van der Waals surface area contributed by atoms with E-state index in [1.54, 1.807) is 38.1 Å². The van der Waals surface area contributed by atoms with Gasteiger partial charge < -0.3 is 4.74 Å². The summed E-state index contributed by atoms with van der Waals surface area (Å²) in [6.45, 7) is 3.49. The maximum absolute atomic E-state index is 11.8. The lowest BCUT2D eigenvalue weighted by Gasteiger charge is -2.08. The zero-order chi connectivity index (χ0) is 12.1. The molecular formula is C11H13ClO3S. The summed E-state index contributed by atoms with van der Waals surface area (Å²) in [7, 11) is -1.45. The molecule has 1 atom stereocenters. The number of hydrogen-bond acceptors (Lipinski definition) is 3. The number of esters is 1. The van der Waals surface area contributed by atoms with E-state index in [-0.39, 0.29) is 11.9 Å². The molecule has 0 aliphatic carbocycles. The van der Waals surface area contributed by atoms with Crippen molar-refractivity contribution < 1.29 is 13.7 Å². The highest BCUT2D eigenvalue weighted by atomic mass is 35.5. The third-order valence-electron chi connectivity index (χ3n) is 1.70. The second-order valence-corrected chi connectivity index (χ2v) is 5.29. The molecule has 1 aromatic carbocycles. The predicted molar refractivity (Wildman–Crippen MR) is 64.0 cm³/mol. The SMILES string of the molecule is CC(C)OC(=O)CS(=O)c1ccccc1Cl. The first-order valence-electron chi connectivity index (χ1n) is 4.83. The molecule has 1 unspecified atom stereocenters. The van der Waals surface area contributed by atoms with Gasteiger partial charge in [-0.05, 0) is 26.0 Å². The molecule has 0 aromatic heterocycles. The summed E-state index contributed by atoms with van der Waals surface area (Å²) in [5, 5.41) is 0.401. The minimum absolute atomic E-state index is 0.165. The molecule has 1 aromatic rings. The molecule has 3 nitrogen and oxygen atoms in total. The second kappa shape index (κ2) is 6.01. The van der Waals surface area contributed by atoms with Gasteiger partial charge >= 0.3 is 5.97 Å². The van der Waals surface area contributed by atoms with E-state index >= 15 is 0 Å². The van der Waals surface area contributed by atoms with Crippen LogP contribution in [-0.4, -0.2) is 22.0 Å². The summed E-state index contributed by atoms with van der Waals surface area (Å²) in [6, 6.07) is 6.76. The first-order chi connectivity index (χ1) is 7.50. The van der Waals surface area contributed by atoms with Gasteiger partial charge in [0.15, 0.2) is 0 Å². The average Bonchev–Trinajstić information content (AvgIpc) is 2.16. The molecule has 0 aliphatic heterocycles. The zero-order valence-electron chi connectivity index (χ0n) is 9.10. The van der Waals surface area contributed by atoms with Crippen molar-refractivity contribution in [1.29, 1.82) is 0 Å². The zero-order valence-corrected chi connectivity index (χ0v) is 10.7.